The molecular formula is C15H18O3. The molecule has 1 atom stereocenters. The van der Waals surface area contributed by atoms with Gasteiger partial charge in [0.25, 0.3) is 0 Å². The molecule has 0 radical (unpaired) electrons. The molecule has 0 amide bonds. The van der Waals surface area contributed by atoms with Gasteiger partial charge in [-0.25, -0.2) is 4.79 Å². The number of aliphatic hydroxyl groups excluding tert-OH is 1. The minimum absolute atomic E-state index is 0.0179. The minimum atomic E-state index is -0.630. The smallest absolute Gasteiger partial charge is 0.330 e. The van der Waals surface area contributed by atoms with Crippen molar-refractivity contribution in [2.24, 2.45) is 0 Å². The van der Waals surface area contributed by atoms with Crippen molar-refractivity contribution in [1.82, 2.24) is 0 Å². The highest BCUT2D eigenvalue weighted by molar-refractivity contribution is 5.81. The van der Waals surface area contributed by atoms with Crippen LogP contribution in [0.25, 0.3) is 6.08 Å². The van der Waals surface area contributed by atoms with Gasteiger partial charge in [-0.3, -0.25) is 0 Å². The first kappa shape index (κ1) is 14.2. The van der Waals surface area contributed by atoms with Crippen LogP contribution in [0.3, 0.4) is 0 Å². The van der Waals surface area contributed by atoms with E-state index in [0.717, 1.165) is 18.1 Å². The SMILES string of the molecule is C=CC(=O)OCC(O)CCC=Cc1ccccc1. The standard InChI is InChI=1S/C15H18O3/c1-2-15(17)18-12-14(16)11-7-6-10-13-8-4-3-5-9-13/h2-6,8-10,14,16H,1,7,11-12H2. The Morgan fingerprint density at radius 3 is 2.78 bits per heavy atom. The van der Waals surface area contributed by atoms with Crippen molar-refractivity contribution in [3.8, 4) is 0 Å². The van der Waals surface area contributed by atoms with Gasteiger partial charge in [-0.1, -0.05) is 49.1 Å². The Hall–Kier alpha value is -1.87. The topological polar surface area (TPSA) is 46.5 Å². The number of aliphatic hydroxyl groups is 1. The van der Waals surface area contributed by atoms with Crippen LogP contribution in [0.1, 0.15) is 18.4 Å². The fourth-order valence-corrected chi connectivity index (χ4v) is 1.39. The van der Waals surface area contributed by atoms with Crippen LogP contribution in [0, 0.1) is 0 Å². The zero-order chi connectivity index (χ0) is 13.2. The van der Waals surface area contributed by atoms with Gasteiger partial charge in [-0.15, -0.1) is 0 Å². The zero-order valence-corrected chi connectivity index (χ0v) is 10.3. The van der Waals surface area contributed by atoms with E-state index in [9.17, 15) is 9.90 Å². The Bertz CT molecular complexity index is 395. The maximum Gasteiger partial charge on any atom is 0.330 e. The lowest BCUT2D eigenvalue weighted by atomic mass is 10.1. The van der Waals surface area contributed by atoms with E-state index in [1.54, 1.807) is 0 Å². The summed E-state index contributed by atoms with van der Waals surface area (Å²) in [6.45, 7) is 3.30. The van der Waals surface area contributed by atoms with Crippen molar-refractivity contribution in [3.05, 3.63) is 54.6 Å². The number of carbonyl (C=O) groups is 1. The van der Waals surface area contributed by atoms with Gasteiger partial charge >= 0.3 is 5.97 Å². The molecule has 3 heteroatoms. The van der Waals surface area contributed by atoms with Gasteiger partial charge < -0.3 is 9.84 Å². The van der Waals surface area contributed by atoms with E-state index in [-0.39, 0.29) is 6.61 Å². The van der Waals surface area contributed by atoms with E-state index in [4.69, 9.17) is 4.74 Å². The van der Waals surface area contributed by atoms with Crippen LogP contribution in [0.15, 0.2) is 49.1 Å². The summed E-state index contributed by atoms with van der Waals surface area (Å²) in [5.74, 6) is -0.506. The highest BCUT2D eigenvalue weighted by Crippen LogP contribution is 2.05. The first-order valence-electron chi connectivity index (χ1n) is 5.91. The van der Waals surface area contributed by atoms with Crippen LogP contribution >= 0.6 is 0 Å². The number of carbonyl (C=O) groups excluding carboxylic acids is 1. The Labute approximate surface area is 107 Å². The first-order chi connectivity index (χ1) is 8.72. The lowest BCUT2D eigenvalue weighted by Crippen LogP contribution is -2.17. The van der Waals surface area contributed by atoms with Crippen LogP contribution < -0.4 is 0 Å². The normalized spacial score (nSPS) is 12.3. The highest BCUT2D eigenvalue weighted by atomic mass is 16.5. The van der Waals surface area contributed by atoms with Crippen LogP contribution in [-0.4, -0.2) is 23.8 Å². The molecule has 18 heavy (non-hydrogen) atoms. The summed E-state index contributed by atoms with van der Waals surface area (Å²) >= 11 is 0. The summed E-state index contributed by atoms with van der Waals surface area (Å²) in [7, 11) is 0. The molecule has 0 saturated heterocycles. The monoisotopic (exact) mass is 246 g/mol. The molecule has 1 unspecified atom stereocenters. The highest BCUT2D eigenvalue weighted by Gasteiger charge is 2.05. The Morgan fingerprint density at radius 2 is 2.11 bits per heavy atom. The lowest BCUT2D eigenvalue weighted by molar-refractivity contribution is -0.140. The van der Waals surface area contributed by atoms with E-state index >= 15 is 0 Å². The largest absolute Gasteiger partial charge is 0.460 e. The van der Waals surface area contributed by atoms with Gasteiger partial charge in [-0.05, 0) is 18.4 Å². The molecule has 0 aromatic heterocycles. The molecule has 96 valence electrons. The van der Waals surface area contributed by atoms with E-state index in [2.05, 4.69) is 6.58 Å². The fourth-order valence-electron chi connectivity index (χ4n) is 1.39. The molecule has 0 spiro atoms. The van der Waals surface area contributed by atoms with Crippen LogP contribution in [0.4, 0.5) is 0 Å². The number of rotatable bonds is 7. The van der Waals surface area contributed by atoms with Crippen LogP contribution in [-0.2, 0) is 9.53 Å². The molecule has 0 bridgehead atoms. The molecule has 0 saturated carbocycles. The lowest BCUT2D eigenvalue weighted by Gasteiger charge is -2.08. The number of esters is 1. The molecule has 1 aromatic rings. The number of allylic oxidation sites excluding steroid dienone is 1. The van der Waals surface area contributed by atoms with Crippen molar-refractivity contribution in [3.63, 3.8) is 0 Å². The van der Waals surface area contributed by atoms with E-state index in [0.29, 0.717) is 6.42 Å². The molecular weight excluding hydrogens is 228 g/mol. The predicted molar refractivity (Wildman–Crippen MR) is 71.9 cm³/mol. The summed E-state index contributed by atoms with van der Waals surface area (Å²) in [6.07, 6.45) is 5.75. The maximum absolute atomic E-state index is 10.8. The third-order valence-corrected chi connectivity index (χ3v) is 2.36. The average molecular weight is 246 g/mol. The second-order valence-electron chi connectivity index (χ2n) is 3.88. The number of benzene rings is 1. The molecule has 1 N–H and O–H groups in total. The van der Waals surface area contributed by atoms with Gasteiger partial charge in [0.15, 0.2) is 0 Å². The molecule has 0 aliphatic heterocycles. The van der Waals surface area contributed by atoms with Crippen molar-refractivity contribution in [1.29, 1.82) is 0 Å². The van der Waals surface area contributed by atoms with Crippen molar-refractivity contribution in [2.75, 3.05) is 6.61 Å². The third-order valence-electron chi connectivity index (χ3n) is 2.36. The fraction of sp³-hybridized carbons (Fsp3) is 0.267. The number of hydrogen-bond acceptors (Lipinski definition) is 3. The van der Waals surface area contributed by atoms with E-state index in [1.165, 1.54) is 0 Å². The quantitative estimate of drug-likeness (QED) is 0.594. The van der Waals surface area contributed by atoms with Gasteiger partial charge in [0.1, 0.15) is 6.61 Å². The molecule has 3 nitrogen and oxygen atoms in total. The molecule has 0 fully saturated rings. The maximum atomic E-state index is 10.8. The van der Waals surface area contributed by atoms with Gasteiger partial charge in [-0.2, -0.15) is 0 Å². The summed E-state index contributed by atoms with van der Waals surface area (Å²) < 4.78 is 4.74. The number of hydrogen-bond donors (Lipinski definition) is 1. The molecule has 1 rings (SSSR count). The summed E-state index contributed by atoms with van der Waals surface area (Å²) in [5, 5.41) is 9.55. The van der Waals surface area contributed by atoms with E-state index in [1.807, 2.05) is 42.5 Å². The predicted octanol–water partition coefficient (Wildman–Crippen LogP) is 2.57. The molecule has 0 aliphatic rings. The molecule has 0 aliphatic carbocycles. The average Bonchev–Trinajstić information content (AvgIpc) is 2.42. The summed E-state index contributed by atoms with van der Waals surface area (Å²) in [4.78, 5) is 10.8. The Kier molecular flexibility index (Phi) is 6.51. The second-order valence-corrected chi connectivity index (χ2v) is 3.88. The third kappa shape index (κ3) is 6.01. The van der Waals surface area contributed by atoms with Crippen molar-refractivity contribution < 1.29 is 14.6 Å². The van der Waals surface area contributed by atoms with Gasteiger partial charge in [0, 0.05) is 6.08 Å². The first-order valence-corrected chi connectivity index (χ1v) is 5.91. The van der Waals surface area contributed by atoms with Crippen LogP contribution in [0.5, 0.6) is 0 Å². The zero-order valence-electron chi connectivity index (χ0n) is 10.3. The second kappa shape index (κ2) is 8.25. The van der Waals surface area contributed by atoms with E-state index < -0.39 is 12.1 Å². The van der Waals surface area contributed by atoms with Crippen molar-refractivity contribution >= 4 is 12.0 Å². The number of ether oxygens (including phenoxy) is 1. The molecule has 0 heterocycles. The molecule has 1 aromatic carbocycles. The minimum Gasteiger partial charge on any atom is -0.460 e. The van der Waals surface area contributed by atoms with Crippen molar-refractivity contribution in [2.45, 2.75) is 18.9 Å². The van der Waals surface area contributed by atoms with Gasteiger partial charge in [0.05, 0.1) is 6.10 Å². The summed E-state index contributed by atoms with van der Waals surface area (Å²) in [5.41, 5.74) is 1.13. The Balaban J connectivity index is 2.19. The van der Waals surface area contributed by atoms with Crippen LogP contribution in [0.2, 0.25) is 0 Å². The summed E-state index contributed by atoms with van der Waals surface area (Å²) in [6, 6.07) is 9.94. The van der Waals surface area contributed by atoms with Gasteiger partial charge in [0.2, 0.25) is 0 Å². The Morgan fingerprint density at radius 1 is 1.39 bits per heavy atom.